The van der Waals surface area contributed by atoms with Gasteiger partial charge in [0, 0.05) is 82.3 Å². The van der Waals surface area contributed by atoms with E-state index >= 15 is 0 Å². The lowest BCUT2D eigenvalue weighted by Crippen LogP contribution is -2.47. The van der Waals surface area contributed by atoms with Crippen molar-refractivity contribution in [2.45, 2.75) is 38.3 Å². The minimum Gasteiger partial charge on any atom is -0.489 e. The normalized spacial score (nSPS) is 24.2. The average Bonchev–Trinajstić information content (AvgIpc) is 3.41. The minimum absolute atomic E-state index is 0.0798. The third kappa shape index (κ3) is 7.20. The number of aliphatic hydroxyl groups excluding tert-OH is 1. The van der Waals surface area contributed by atoms with Gasteiger partial charge in [0.15, 0.2) is 0 Å². The smallest absolute Gasteiger partial charge is 0.236 e. The van der Waals surface area contributed by atoms with Crippen LogP contribution in [-0.4, -0.2) is 90.7 Å². The van der Waals surface area contributed by atoms with Crippen molar-refractivity contribution < 1.29 is 19.4 Å². The topological polar surface area (TPSA) is 98.2 Å². The van der Waals surface area contributed by atoms with Gasteiger partial charge in [0.25, 0.3) is 0 Å². The number of benzene rings is 1. The van der Waals surface area contributed by atoms with E-state index in [0.717, 1.165) is 42.1 Å². The Hall–Kier alpha value is -3.43. The molecule has 3 aliphatic rings. The largest absolute Gasteiger partial charge is 0.489 e. The lowest BCUT2D eigenvalue weighted by molar-refractivity contribution is -0.134. The van der Waals surface area contributed by atoms with Gasteiger partial charge in [-0.2, -0.15) is 0 Å². The second-order valence-corrected chi connectivity index (χ2v) is 11.2. The fourth-order valence-electron chi connectivity index (χ4n) is 5.87. The quantitative estimate of drug-likeness (QED) is 0.536. The van der Waals surface area contributed by atoms with E-state index in [1.807, 2.05) is 41.4 Å². The van der Waals surface area contributed by atoms with Gasteiger partial charge in [0.05, 0.1) is 12.6 Å². The number of hydrogen-bond acceptors (Lipinski definition) is 7. The molecule has 2 amide bonds. The molecule has 2 aromatic rings. The molecule has 2 N–H and O–H groups in total. The Morgan fingerprint density at radius 3 is 2.88 bits per heavy atom. The first-order chi connectivity index (χ1) is 19.5. The van der Waals surface area contributed by atoms with Crippen LogP contribution in [0.1, 0.15) is 30.5 Å². The number of nitrogens with zero attached hydrogens (tertiary/aromatic N) is 4. The molecule has 9 nitrogen and oxygen atoms in total. The maximum atomic E-state index is 13.1. The van der Waals surface area contributed by atoms with E-state index in [1.165, 1.54) is 0 Å². The Labute approximate surface area is 236 Å². The number of carbonyl (C=O) groups is 2. The molecule has 3 atom stereocenters. The van der Waals surface area contributed by atoms with Crippen molar-refractivity contribution in [3.8, 4) is 5.75 Å². The van der Waals surface area contributed by atoms with Crippen molar-refractivity contribution >= 4 is 17.5 Å². The number of fused-ring (bicyclic) bond motifs is 3. The standard InChI is InChI=1S/C31H41N5O4/c1-34(13-10-26-6-2-3-12-33-26)27-7-8-29-25(17-27)19-32-20-31(39)35-14-9-23(24(21-35)5-4-16-40-29)18-30(38)36-15-11-28(37)22-36/h2-8,12,17,23-24,28,32,37H,9-11,13-16,18-22H2,1H3/b5-4+/t23-,24-,28+/m0/s1. The van der Waals surface area contributed by atoms with Gasteiger partial charge < -0.3 is 29.9 Å². The van der Waals surface area contributed by atoms with E-state index in [4.69, 9.17) is 4.74 Å². The van der Waals surface area contributed by atoms with Gasteiger partial charge in [-0.05, 0) is 55.0 Å². The lowest BCUT2D eigenvalue weighted by Gasteiger charge is -2.37. The number of likely N-dealkylation sites (N-methyl/N-ethyl adjacent to an activating group) is 1. The number of nitrogens with one attached hydrogen (secondary N) is 1. The molecule has 214 valence electrons. The monoisotopic (exact) mass is 547 g/mol. The highest BCUT2D eigenvalue weighted by Gasteiger charge is 2.33. The maximum Gasteiger partial charge on any atom is 0.236 e. The van der Waals surface area contributed by atoms with Gasteiger partial charge in [-0.15, -0.1) is 0 Å². The number of aromatic nitrogens is 1. The first-order valence-corrected chi connectivity index (χ1v) is 14.4. The molecule has 2 bridgehead atoms. The Kier molecular flexibility index (Phi) is 9.34. The lowest BCUT2D eigenvalue weighted by atomic mass is 9.82. The average molecular weight is 548 g/mol. The molecule has 4 heterocycles. The molecular formula is C31H41N5O4. The highest BCUT2D eigenvalue weighted by atomic mass is 16.5. The molecule has 0 unspecified atom stereocenters. The van der Waals surface area contributed by atoms with Gasteiger partial charge in [-0.1, -0.05) is 18.2 Å². The third-order valence-corrected chi connectivity index (χ3v) is 8.34. The van der Waals surface area contributed by atoms with Crippen LogP contribution in [-0.2, 0) is 22.6 Å². The summed E-state index contributed by atoms with van der Waals surface area (Å²) < 4.78 is 6.18. The molecule has 9 heteroatoms. The van der Waals surface area contributed by atoms with Crippen molar-refractivity contribution in [1.82, 2.24) is 20.1 Å². The fraction of sp³-hybridized carbons (Fsp3) is 0.516. The summed E-state index contributed by atoms with van der Waals surface area (Å²) >= 11 is 0. The molecular weight excluding hydrogens is 506 g/mol. The summed E-state index contributed by atoms with van der Waals surface area (Å²) in [4.78, 5) is 36.3. The van der Waals surface area contributed by atoms with Crippen molar-refractivity contribution in [2.75, 3.05) is 57.8 Å². The van der Waals surface area contributed by atoms with Crippen LogP contribution in [0.25, 0.3) is 0 Å². The number of pyridine rings is 1. The first kappa shape index (κ1) is 28.1. The number of β-amino-alcohol motifs (C(OH)–C–C–N with tert-alkyl or cyclic N) is 1. The van der Waals surface area contributed by atoms with E-state index in [1.54, 1.807) is 4.90 Å². The summed E-state index contributed by atoms with van der Waals surface area (Å²) in [5.74, 6) is 1.24. The van der Waals surface area contributed by atoms with Crippen LogP contribution < -0.4 is 15.0 Å². The molecule has 0 aliphatic carbocycles. The zero-order chi connectivity index (χ0) is 27.9. The van der Waals surface area contributed by atoms with Gasteiger partial charge in [0.2, 0.25) is 11.8 Å². The zero-order valence-electron chi connectivity index (χ0n) is 23.4. The Balaban J connectivity index is 1.25. The summed E-state index contributed by atoms with van der Waals surface area (Å²) in [6.07, 6.45) is 8.30. The predicted octanol–water partition coefficient (Wildman–Crippen LogP) is 2.25. The molecule has 2 fully saturated rings. The number of ether oxygens (including phenoxy) is 1. The second-order valence-electron chi connectivity index (χ2n) is 11.2. The molecule has 5 rings (SSSR count). The third-order valence-electron chi connectivity index (χ3n) is 8.34. The number of piperidine rings is 1. The van der Waals surface area contributed by atoms with Crippen molar-refractivity contribution in [3.63, 3.8) is 0 Å². The Bertz CT molecular complexity index is 1190. The van der Waals surface area contributed by atoms with Crippen LogP contribution in [0.5, 0.6) is 5.75 Å². The van der Waals surface area contributed by atoms with E-state index < -0.39 is 6.10 Å². The molecule has 3 aliphatic heterocycles. The number of rotatable bonds is 6. The summed E-state index contributed by atoms with van der Waals surface area (Å²) in [6, 6.07) is 12.2. The van der Waals surface area contributed by atoms with Crippen molar-refractivity contribution in [1.29, 1.82) is 0 Å². The number of aliphatic hydroxyl groups is 1. The van der Waals surface area contributed by atoms with E-state index in [0.29, 0.717) is 52.2 Å². The van der Waals surface area contributed by atoms with Gasteiger partial charge in [0.1, 0.15) is 12.4 Å². The fourth-order valence-corrected chi connectivity index (χ4v) is 5.87. The summed E-state index contributed by atoms with van der Waals surface area (Å²) in [7, 11) is 2.07. The maximum absolute atomic E-state index is 13.1. The molecule has 1 aromatic heterocycles. The highest BCUT2D eigenvalue weighted by Crippen LogP contribution is 2.30. The van der Waals surface area contributed by atoms with Crippen LogP contribution in [0.4, 0.5) is 5.69 Å². The van der Waals surface area contributed by atoms with Crippen molar-refractivity contribution in [3.05, 3.63) is 66.0 Å². The van der Waals surface area contributed by atoms with Crippen LogP contribution in [0.3, 0.4) is 0 Å². The summed E-state index contributed by atoms with van der Waals surface area (Å²) in [6.45, 7) is 4.36. The van der Waals surface area contributed by atoms with E-state index in [2.05, 4.69) is 40.5 Å². The predicted molar refractivity (Wildman–Crippen MR) is 154 cm³/mol. The highest BCUT2D eigenvalue weighted by molar-refractivity contribution is 5.79. The second kappa shape index (κ2) is 13.3. The van der Waals surface area contributed by atoms with Crippen LogP contribution in [0, 0.1) is 11.8 Å². The zero-order valence-corrected chi connectivity index (χ0v) is 23.4. The molecule has 0 spiro atoms. The van der Waals surface area contributed by atoms with Crippen molar-refractivity contribution in [2.24, 2.45) is 11.8 Å². The van der Waals surface area contributed by atoms with Crippen LogP contribution in [0.2, 0.25) is 0 Å². The molecule has 40 heavy (non-hydrogen) atoms. The molecule has 0 radical (unpaired) electrons. The SMILES string of the molecule is CN(CCc1ccccn1)c1ccc2c(c1)CNCC(=O)N1CC[C@@H](CC(=O)N3CC[C@@H](O)C3)[C@@H](/C=C/CO2)C1. The first-order valence-electron chi connectivity index (χ1n) is 14.4. The van der Waals surface area contributed by atoms with Gasteiger partial charge >= 0.3 is 0 Å². The number of anilines is 1. The number of amides is 2. The summed E-state index contributed by atoms with van der Waals surface area (Å²) in [5.41, 5.74) is 3.16. The Morgan fingerprint density at radius 1 is 1.18 bits per heavy atom. The number of hydrogen-bond donors (Lipinski definition) is 2. The minimum atomic E-state index is -0.413. The Morgan fingerprint density at radius 2 is 2.08 bits per heavy atom. The molecule has 1 aromatic carbocycles. The molecule has 0 saturated carbocycles. The number of carbonyl (C=O) groups excluding carboxylic acids is 2. The molecule has 2 saturated heterocycles. The summed E-state index contributed by atoms with van der Waals surface area (Å²) in [5, 5.41) is 13.2. The van der Waals surface area contributed by atoms with E-state index in [9.17, 15) is 14.7 Å². The van der Waals surface area contributed by atoms with E-state index in [-0.39, 0.29) is 30.2 Å². The van der Waals surface area contributed by atoms with Gasteiger partial charge in [-0.25, -0.2) is 0 Å². The number of likely N-dealkylation sites (tertiary alicyclic amines) is 1. The van der Waals surface area contributed by atoms with Crippen LogP contribution >= 0.6 is 0 Å². The van der Waals surface area contributed by atoms with Gasteiger partial charge in [-0.3, -0.25) is 14.6 Å². The van der Waals surface area contributed by atoms with Crippen LogP contribution in [0.15, 0.2) is 54.7 Å².